The number of carbonyl (C=O) groups excluding carboxylic acids is 2. The van der Waals surface area contributed by atoms with E-state index in [4.69, 9.17) is 0 Å². The van der Waals surface area contributed by atoms with E-state index in [1.807, 2.05) is 31.3 Å². The van der Waals surface area contributed by atoms with Crippen molar-refractivity contribution in [2.24, 2.45) is 5.92 Å². The maximum Gasteiger partial charge on any atom is 0.257 e. The summed E-state index contributed by atoms with van der Waals surface area (Å²) in [4.78, 5) is 29.0. The first kappa shape index (κ1) is 25.6. The molecule has 1 saturated heterocycles. The molecule has 2 aromatic carbocycles. The van der Waals surface area contributed by atoms with E-state index in [-0.39, 0.29) is 16.9 Å². The Morgan fingerprint density at radius 1 is 1.17 bits per heavy atom. The van der Waals surface area contributed by atoms with Crippen LogP contribution in [0.25, 0.3) is 0 Å². The van der Waals surface area contributed by atoms with Gasteiger partial charge in [0.25, 0.3) is 5.91 Å². The number of hydrogen-bond donors (Lipinski definition) is 1. The van der Waals surface area contributed by atoms with E-state index in [1.165, 1.54) is 6.07 Å². The molecule has 1 aliphatic rings. The van der Waals surface area contributed by atoms with Crippen LogP contribution >= 0.6 is 0 Å². The molecule has 0 aliphatic carbocycles. The van der Waals surface area contributed by atoms with E-state index in [1.54, 1.807) is 34.8 Å². The number of nitrogens with one attached hydrogen (secondary N) is 1. The molecule has 1 fully saturated rings. The van der Waals surface area contributed by atoms with Crippen LogP contribution in [-0.2, 0) is 16.8 Å². The van der Waals surface area contributed by atoms with Gasteiger partial charge in [-0.25, -0.2) is 4.39 Å². The van der Waals surface area contributed by atoms with Crippen LogP contribution in [0.5, 0.6) is 0 Å². The summed E-state index contributed by atoms with van der Waals surface area (Å²) in [6, 6.07) is 12.0. The van der Waals surface area contributed by atoms with Crippen molar-refractivity contribution in [2.45, 2.75) is 65.5 Å². The monoisotopic (exact) mass is 490 g/mol. The summed E-state index contributed by atoms with van der Waals surface area (Å²) in [7, 11) is 0. The predicted molar refractivity (Wildman–Crippen MR) is 139 cm³/mol. The van der Waals surface area contributed by atoms with Crippen LogP contribution in [0.1, 0.15) is 73.6 Å². The molecule has 2 heterocycles. The summed E-state index contributed by atoms with van der Waals surface area (Å²) in [5.74, 6) is -1.60. The van der Waals surface area contributed by atoms with E-state index < -0.39 is 23.7 Å². The minimum absolute atomic E-state index is 0.0519. The minimum atomic E-state index is -0.548. The third-order valence-electron chi connectivity index (χ3n) is 6.98. The van der Waals surface area contributed by atoms with Gasteiger partial charge in [-0.15, -0.1) is 0 Å². The lowest BCUT2D eigenvalue weighted by molar-refractivity contribution is -0.123. The second kappa shape index (κ2) is 10.2. The van der Waals surface area contributed by atoms with Crippen LogP contribution in [0.4, 0.5) is 10.1 Å². The molecule has 36 heavy (non-hydrogen) atoms. The molecule has 6 nitrogen and oxygen atoms in total. The van der Waals surface area contributed by atoms with E-state index in [2.05, 4.69) is 37.3 Å². The molecule has 2 unspecified atom stereocenters. The number of anilines is 1. The summed E-state index contributed by atoms with van der Waals surface area (Å²) < 4.78 is 16.6. The Hall–Kier alpha value is -3.48. The van der Waals surface area contributed by atoms with Crippen LogP contribution in [0.15, 0.2) is 54.9 Å². The number of aryl methyl sites for hydroxylation is 2. The molecule has 7 heteroatoms. The average Bonchev–Trinajstić information content (AvgIpc) is 3.32. The van der Waals surface area contributed by atoms with Crippen molar-refractivity contribution in [3.8, 4) is 0 Å². The molecular weight excluding hydrogens is 455 g/mol. The lowest BCUT2D eigenvalue weighted by Gasteiger charge is -2.40. The number of amides is 2. The van der Waals surface area contributed by atoms with Gasteiger partial charge in [-0.2, -0.15) is 5.10 Å². The molecular formula is C29H35FN4O2. The zero-order chi connectivity index (χ0) is 26.0. The van der Waals surface area contributed by atoms with Crippen LogP contribution in [-0.4, -0.2) is 33.0 Å². The summed E-state index contributed by atoms with van der Waals surface area (Å²) >= 11 is 0. The largest absolute Gasteiger partial charge is 0.331 e. The van der Waals surface area contributed by atoms with E-state index >= 15 is 0 Å². The number of benzene rings is 2. The fourth-order valence-electron chi connectivity index (χ4n) is 4.96. The number of piperidine rings is 1. The van der Waals surface area contributed by atoms with Gasteiger partial charge in [-0.05, 0) is 61.4 Å². The number of rotatable bonds is 5. The first-order valence-electron chi connectivity index (χ1n) is 12.6. The Kier molecular flexibility index (Phi) is 7.29. The molecule has 0 saturated carbocycles. The topological polar surface area (TPSA) is 67.2 Å². The molecule has 0 radical (unpaired) electrons. The Labute approximate surface area is 212 Å². The standard InChI is InChI=1S/C29H35FN4O2/c1-6-33-18-20(17-31-33)26-23(27(35)32-22-12-8-11-21(16-22)29(3,4)5)13-9-15-34(26)28(36)25-19(2)10-7-14-24(25)30/h7-8,10-12,14,16-18,23,26H,6,9,13,15H2,1-5H3,(H,32,35). The molecule has 190 valence electrons. The van der Waals surface area contributed by atoms with Crippen LogP contribution in [0, 0.1) is 18.7 Å². The van der Waals surface area contributed by atoms with Gasteiger partial charge in [-0.1, -0.05) is 45.0 Å². The molecule has 3 aromatic rings. The van der Waals surface area contributed by atoms with Gasteiger partial charge in [0.2, 0.25) is 5.91 Å². The van der Waals surface area contributed by atoms with E-state index in [9.17, 15) is 14.0 Å². The first-order chi connectivity index (χ1) is 17.1. The second-order valence-electron chi connectivity index (χ2n) is 10.6. The van der Waals surface area contributed by atoms with Crippen molar-refractivity contribution in [1.82, 2.24) is 14.7 Å². The molecule has 1 N–H and O–H groups in total. The fourth-order valence-corrected chi connectivity index (χ4v) is 4.96. The summed E-state index contributed by atoms with van der Waals surface area (Å²) in [5, 5.41) is 7.49. The van der Waals surface area contributed by atoms with E-state index in [0.29, 0.717) is 31.5 Å². The summed E-state index contributed by atoms with van der Waals surface area (Å²) in [5.41, 5.74) is 3.21. The van der Waals surface area contributed by atoms with Crippen LogP contribution < -0.4 is 5.32 Å². The third kappa shape index (κ3) is 5.20. The minimum Gasteiger partial charge on any atom is -0.331 e. The molecule has 0 spiro atoms. The number of likely N-dealkylation sites (tertiary alicyclic amines) is 1. The maximum absolute atomic E-state index is 14.8. The summed E-state index contributed by atoms with van der Waals surface area (Å²) in [6.07, 6.45) is 4.87. The zero-order valence-corrected chi connectivity index (χ0v) is 21.7. The highest BCUT2D eigenvalue weighted by molar-refractivity contribution is 5.98. The highest BCUT2D eigenvalue weighted by atomic mass is 19.1. The van der Waals surface area contributed by atoms with Crippen molar-refractivity contribution < 1.29 is 14.0 Å². The van der Waals surface area contributed by atoms with Gasteiger partial charge in [0.05, 0.1) is 23.7 Å². The van der Waals surface area contributed by atoms with Gasteiger partial charge in [-0.3, -0.25) is 14.3 Å². The number of aromatic nitrogens is 2. The second-order valence-corrected chi connectivity index (χ2v) is 10.6. The lowest BCUT2D eigenvalue weighted by atomic mass is 9.84. The number of halogens is 1. The third-order valence-corrected chi connectivity index (χ3v) is 6.98. The molecule has 1 aliphatic heterocycles. The quantitative estimate of drug-likeness (QED) is 0.486. The van der Waals surface area contributed by atoms with Gasteiger partial charge in [0.1, 0.15) is 5.82 Å². The average molecular weight is 491 g/mol. The Balaban J connectivity index is 1.70. The normalized spacial score (nSPS) is 18.2. The van der Waals surface area contributed by atoms with Gasteiger partial charge in [0.15, 0.2) is 0 Å². The van der Waals surface area contributed by atoms with Crippen molar-refractivity contribution in [2.75, 3.05) is 11.9 Å². The van der Waals surface area contributed by atoms with Crippen LogP contribution in [0.3, 0.4) is 0 Å². The smallest absolute Gasteiger partial charge is 0.257 e. The van der Waals surface area contributed by atoms with E-state index in [0.717, 1.165) is 16.8 Å². The number of carbonyl (C=O) groups is 2. The molecule has 0 bridgehead atoms. The van der Waals surface area contributed by atoms with Gasteiger partial charge < -0.3 is 10.2 Å². The van der Waals surface area contributed by atoms with Crippen LogP contribution in [0.2, 0.25) is 0 Å². The van der Waals surface area contributed by atoms with Crippen molar-refractivity contribution in [1.29, 1.82) is 0 Å². The lowest BCUT2D eigenvalue weighted by Crippen LogP contribution is -2.46. The number of nitrogens with zero attached hydrogens (tertiary/aromatic N) is 3. The van der Waals surface area contributed by atoms with Crippen molar-refractivity contribution >= 4 is 17.5 Å². The predicted octanol–water partition coefficient (Wildman–Crippen LogP) is 5.88. The fraction of sp³-hybridized carbons (Fsp3) is 0.414. The zero-order valence-electron chi connectivity index (χ0n) is 21.7. The Morgan fingerprint density at radius 2 is 1.92 bits per heavy atom. The maximum atomic E-state index is 14.8. The van der Waals surface area contributed by atoms with Crippen molar-refractivity contribution in [3.63, 3.8) is 0 Å². The summed E-state index contributed by atoms with van der Waals surface area (Å²) in [6.45, 7) is 11.2. The Bertz CT molecular complexity index is 1240. The molecule has 1 aromatic heterocycles. The molecule has 4 rings (SSSR count). The van der Waals surface area contributed by atoms with Gasteiger partial charge in [0, 0.05) is 30.5 Å². The highest BCUT2D eigenvalue weighted by Gasteiger charge is 2.41. The highest BCUT2D eigenvalue weighted by Crippen LogP contribution is 2.38. The Morgan fingerprint density at radius 3 is 2.58 bits per heavy atom. The molecule has 2 amide bonds. The van der Waals surface area contributed by atoms with Crippen molar-refractivity contribution in [3.05, 3.63) is 82.9 Å². The number of hydrogen-bond acceptors (Lipinski definition) is 3. The first-order valence-corrected chi connectivity index (χ1v) is 12.6. The van der Waals surface area contributed by atoms with Gasteiger partial charge >= 0.3 is 0 Å². The molecule has 2 atom stereocenters. The SMILES string of the molecule is CCn1cc(C2C(C(=O)Nc3cccc(C(C)(C)C)c3)CCCN2C(=O)c2c(C)cccc2F)cn1.